The molecule has 3 aromatic rings. The van der Waals surface area contributed by atoms with E-state index >= 15 is 0 Å². The normalized spacial score (nSPS) is 24.4. The lowest BCUT2D eigenvalue weighted by Crippen LogP contribution is -2.48. The molecule has 2 aliphatic rings. The van der Waals surface area contributed by atoms with E-state index in [1.807, 2.05) is 40.0 Å². The second-order valence-corrected chi connectivity index (χ2v) is 7.49. The molecule has 2 bridgehead atoms. The summed E-state index contributed by atoms with van der Waals surface area (Å²) in [5, 5.41) is 4.92. The van der Waals surface area contributed by atoms with Gasteiger partial charge in [-0.05, 0) is 43.9 Å². The highest BCUT2D eigenvalue weighted by atomic mass is 16.2. The molecule has 5 rings (SSSR count). The molecule has 2 atom stereocenters. The van der Waals surface area contributed by atoms with Gasteiger partial charge in [0.15, 0.2) is 0 Å². The number of piperidine rings is 1. The summed E-state index contributed by atoms with van der Waals surface area (Å²) < 4.78 is 3.45. The van der Waals surface area contributed by atoms with E-state index in [-0.39, 0.29) is 30.1 Å². The van der Waals surface area contributed by atoms with Crippen molar-refractivity contribution in [3.05, 3.63) is 59.4 Å². The second kappa shape index (κ2) is 6.33. The molecule has 0 aliphatic carbocycles. The van der Waals surface area contributed by atoms with Crippen LogP contribution in [0.2, 0.25) is 0 Å². The standard InChI is InChI=1S/C20H21N5O2/c26-19(12-23-13-21-18-5-2-1-4-17(18)20(23)27)25-14-6-7-15(25)11-16(10-14)24-9-3-8-22-24/h1-5,8-9,13-16H,6-7,10-12H2. The van der Waals surface area contributed by atoms with Crippen molar-refractivity contribution < 1.29 is 4.79 Å². The van der Waals surface area contributed by atoms with Gasteiger partial charge in [-0.15, -0.1) is 0 Å². The highest BCUT2D eigenvalue weighted by Gasteiger charge is 2.43. The highest BCUT2D eigenvalue weighted by molar-refractivity contribution is 5.79. The van der Waals surface area contributed by atoms with Crippen LogP contribution in [0.4, 0.5) is 0 Å². The molecule has 0 N–H and O–H groups in total. The van der Waals surface area contributed by atoms with Crippen molar-refractivity contribution in [3.8, 4) is 0 Å². The summed E-state index contributed by atoms with van der Waals surface area (Å²) in [6.07, 6.45) is 9.20. The zero-order valence-electron chi connectivity index (χ0n) is 14.9. The Morgan fingerprint density at radius 3 is 2.59 bits per heavy atom. The van der Waals surface area contributed by atoms with Crippen molar-refractivity contribution >= 4 is 16.8 Å². The van der Waals surface area contributed by atoms with Crippen LogP contribution in [0.15, 0.2) is 53.8 Å². The molecule has 1 aromatic carbocycles. The Labute approximate surface area is 156 Å². The number of amides is 1. The molecule has 2 fully saturated rings. The van der Waals surface area contributed by atoms with Gasteiger partial charge >= 0.3 is 0 Å². The first-order chi connectivity index (χ1) is 13.2. The van der Waals surface area contributed by atoms with Gasteiger partial charge in [0.1, 0.15) is 6.54 Å². The minimum atomic E-state index is -0.160. The third-order valence-corrected chi connectivity index (χ3v) is 5.93. The molecular formula is C20H21N5O2. The van der Waals surface area contributed by atoms with Gasteiger partial charge in [-0.2, -0.15) is 5.10 Å². The van der Waals surface area contributed by atoms with Crippen LogP contribution in [0.25, 0.3) is 10.9 Å². The number of carbonyl (C=O) groups is 1. The van der Waals surface area contributed by atoms with Crippen LogP contribution in [0.3, 0.4) is 0 Å². The van der Waals surface area contributed by atoms with Crippen molar-refractivity contribution in [3.63, 3.8) is 0 Å². The number of carbonyl (C=O) groups excluding carboxylic acids is 1. The van der Waals surface area contributed by atoms with Gasteiger partial charge < -0.3 is 4.90 Å². The summed E-state index contributed by atoms with van der Waals surface area (Å²) in [7, 11) is 0. The summed E-state index contributed by atoms with van der Waals surface area (Å²) in [6.45, 7) is 0.0517. The van der Waals surface area contributed by atoms with E-state index < -0.39 is 0 Å². The summed E-state index contributed by atoms with van der Waals surface area (Å²) in [4.78, 5) is 32.0. The van der Waals surface area contributed by atoms with Crippen LogP contribution >= 0.6 is 0 Å². The molecule has 2 aromatic heterocycles. The molecule has 0 spiro atoms. The lowest BCUT2D eigenvalue weighted by molar-refractivity contribution is -0.137. The summed E-state index contributed by atoms with van der Waals surface area (Å²) >= 11 is 0. The maximum Gasteiger partial charge on any atom is 0.261 e. The first kappa shape index (κ1) is 16.2. The van der Waals surface area contributed by atoms with Crippen LogP contribution in [-0.2, 0) is 11.3 Å². The van der Waals surface area contributed by atoms with Crippen LogP contribution in [0.1, 0.15) is 31.7 Å². The maximum absolute atomic E-state index is 13.0. The van der Waals surface area contributed by atoms with E-state index in [9.17, 15) is 9.59 Å². The molecule has 7 heteroatoms. The number of fused-ring (bicyclic) bond motifs is 3. The van der Waals surface area contributed by atoms with Gasteiger partial charge in [0.05, 0.1) is 23.3 Å². The number of nitrogens with zero attached hydrogens (tertiary/aromatic N) is 5. The number of hydrogen-bond donors (Lipinski definition) is 0. The van der Waals surface area contributed by atoms with E-state index in [0.29, 0.717) is 16.9 Å². The van der Waals surface area contributed by atoms with Gasteiger partial charge in [-0.25, -0.2) is 4.98 Å². The average molecular weight is 363 g/mol. The van der Waals surface area contributed by atoms with Crippen molar-refractivity contribution in [1.29, 1.82) is 0 Å². The number of benzene rings is 1. The summed E-state index contributed by atoms with van der Waals surface area (Å²) in [6, 6.07) is 9.99. The van der Waals surface area contributed by atoms with E-state index in [2.05, 4.69) is 10.1 Å². The third-order valence-electron chi connectivity index (χ3n) is 5.93. The molecule has 138 valence electrons. The quantitative estimate of drug-likeness (QED) is 0.713. The fraction of sp³-hybridized carbons (Fsp3) is 0.400. The lowest BCUT2D eigenvalue weighted by Gasteiger charge is -2.39. The van der Waals surface area contributed by atoms with E-state index in [1.54, 1.807) is 12.3 Å². The van der Waals surface area contributed by atoms with Crippen molar-refractivity contribution in [2.24, 2.45) is 0 Å². The molecule has 0 radical (unpaired) electrons. The molecule has 4 heterocycles. The first-order valence-corrected chi connectivity index (χ1v) is 9.45. The second-order valence-electron chi connectivity index (χ2n) is 7.49. The number of para-hydroxylation sites is 1. The van der Waals surface area contributed by atoms with Crippen molar-refractivity contribution in [1.82, 2.24) is 24.2 Å². The predicted molar refractivity (Wildman–Crippen MR) is 100 cm³/mol. The Balaban J connectivity index is 1.37. The van der Waals surface area contributed by atoms with Gasteiger partial charge in [-0.1, -0.05) is 12.1 Å². The zero-order valence-corrected chi connectivity index (χ0v) is 14.9. The Kier molecular flexibility index (Phi) is 3.81. The van der Waals surface area contributed by atoms with Gasteiger partial charge in [-0.3, -0.25) is 18.8 Å². The van der Waals surface area contributed by atoms with Crippen molar-refractivity contribution in [2.45, 2.75) is 50.4 Å². The topological polar surface area (TPSA) is 73.0 Å². The SMILES string of the molecule is O=C(Cn1cnc2ccccc2c1=O)N1C2CCC1CC(n1cccn1)C2. The van der Waals surface area contributed by atoms with Gasteiger partial charge in [0.2, 0.25) is 5.91 Å². The maximum atomic E-state index is 13.0. The minimum Gasteiger partial charge on any atom is -0.335 e. The molecule has 7 nitrogen and oxygen atoms in total. The van der Waals surface area contributed by atoms with E-state index in [1.165, 1.54) is 10.9 Å². The Bertz CT molecular complexity index is 1030. The van der Waals surface area contributed by atoms with Crippen molar-refractivity contribution in [2.75, 3.05) is 0 Å². The largest absolute Gasteiger partial charge is 0.335 e. The molecule has 2 aliphatic heterocycles. The Hall–Kier alpha value is -2.96. The monoisotopic (exact) mass is 363 g/mol. The first-order valence-electron chi connectivity index (χ1n) is 9.45. The fourth-order valence-corrected chi connectivity index (χ4v) is 4.71. The average Bonchev–Trinajstić information content (AvgIpc) is 3.31. The van der Waals surface area contributed by atoms with Crippen LogP contribution < -0.4 is 5.56 Å². The summed E-state index contributed by atoms with van der Waals surface area (Å²) in [5.41, 5.74) is 0.499. The predicted octanol–water partition coefficient (Wildman–Crippen LogP) is 1.99. The number of rotatable bonds is 3. The molecule has 1 amide bonds. The van der Waals surface area contributed by atoms with Crippen LogP contribution in [0, 0.1) is 0 Å². The fourth-order valence-electron chi connectivity index (χ4n) is 4.71. The smallest absolute Gasteiger partial charge is 0.261 e. The third kappa shape index (κ3) is 2.74. The molecule has 2 saturated heterocycles. The molecular weight excluding hydrogens is 342 g/mol. The lowest BCUT2D eigenvalue weighted by atomic mass is 9.97. The minimum absolute atomic E-state index is 0.0144. The van der Waals surface area contributed by atoms with Gasteiger partial charge in [0, 0.05) is 24.5 Å². The number of hydrogen-bond acceptors (Lipinski definition) is 4. The van der Waals surface area contributed by atoms with Crippen LogP contribution in [0.5, 0.6) is 0 Å². The molecule has 2 unspecified atom stereocenters. The summed E-state index contributed by atoms with van der Waals surface area (Å²) in [5.74, 6) is 0.0144. The highest BCUT2D eigenvalue weighted by Crippen LogP contribution is 2.40. The zero-order chi connectivity index (χ0) is 18.4. The Morgan fingerprint density at radius 2 is 1.85 bits per heavy atom. The molecule has 27 heavy (non-hydrogen) atoms. The Morgan fingerprint density at radius 1 is 1.07 bits per heavy atom. The van der Waals surface area contributed by atoms with E-state index in [0.717, 1.165) is 25.7 Å². The number of aromatic nitrogens is 4. The van der Waals surface area contributed by atoms with Gasteiger partial charge in [0.25, 0.3) is 5.56 Å². The molecule has 0 saturated carbocycles. The van der Waals surface area contributed by atoms with E-state index in [4.69, 9.17) is 0 Å². The van der Waals surface area contributed by atoms with Crippen LogP contribution in [-0.4, -0.2) is 42.2 Å².